The largest absolute Gasteiger partial charge is 0.393 e. The molecule has 0 saturated heterocycles. The van der Waals surface area contributed by atoms with Gasteiger partial charge in [-0.15, -0.1) is 0 Å². The summed E-state index contributed by atoms with van der Waals surface area (Å²) in [5.74, 6) is -1.32. The zero-order chi connectivity index (χ0) is 11.6. The minimum atomic E-state index is -4.16. The second-order valence-corrected chi connectivity index (χ2v) is 4.54. The summed E-state index contributed by atoms with van der Waals surface area (Å²) in [7, 11) is 0. The number of hydrogen-bond acceptors (Lipinski definition) is 2. The molecule has 1 aliphatic carbocycles. The van der Waals surface area contributed by atoms with Crippen LogP contribution in [0.15, 0.2) is 0 Å². The summed E-state index contributed by atoms with van der Waals surface area (Å²) >= 11 is 0. The Morgan fingerprint density at radius 1 is 1.27 bits per heavy atom. The Hall–Kier alpha value is -0.290. The normalized spacial score (nSPS) is 33.4. The molecule has 0 aromatic carbocycles. The molecule has 1 rings (SSSR count). The topological polar surface area (TPSA) is 32.3 Å². The van der Waals surface area contributed by atoms with Gasteiger partial charge in [0.2, 0.25) is 0 Å². The number of aliphatic hydroxyl groups is 1. The summed E-state index contributed by atoms with van der Waals surface area (Å²) in [5.41, 5.74) is 0. The lowest BCUT2D eigenvalue weighted by molar-refractivity contribution is -0.194. The molecule has 1 saturated carbocycles. The van der Waals surface area contributed by atoms with Gasteiger partial charge in [0, 0.05) is 12.1 Å². The predicted octanol–water partition coefficient (Wildman–Crippen LogP) is 2.08. The Bertz CT molecular complexity index is 203. The van der Waals surface area contributed by atoms with Crippen LogP contribution in [-0.4, -0.2) is 29.5 Å². The fourth-order valence-electron chi connectivity index (χ4n) is 2.15. The first kappa shape index (κ1) is 12.8. The van der Waals surface area contributed by atoms with E-state index in [1.54, 1.807) is 0 Å². The Kier molecular flexibility index (Phi) is 4.00. The third-order valence-corrected chi connectivity index (χ3v) is 2.79. The number of nitrogens with one attached hydrogen (secondary N) is 1. The smallest absolute Gasteiger partial charge is 0.393 e. The minimum absolute atomic E-state index is 0.00477. The van der Waals surface area contributed by atoms with Gasteiger partial charge >= 0.3 is 6.18 Å². The average Bonchev–Trinajstić information content (AvgIpc) is 1.99. The Labute approximate surface area is 87.9 Å². The molecule has 0 radical (unpaired) electrons. The van der Waals surface area contributed by atoms with Crippen molar-refractivity contribution in [1.29, 1.82) is 0 Å². The van der Waals surface area contributed by atoms with Crippen LogP contribution < -0.4 is 5.32 Å². The Morgan fingerprint density at radius 2 is 1.87 bits per heavy atom. The lowest BCUT2D eigenvalue weighted by Crippen LogP contribution is -2.50. The third kappa shape index (κ3) is 3.65. The van der Waals surface area contributed by atoms with Crippen LogP contribution in [0.1, 0.15) is 33.1 Å². The van der Waals surface area contributed by atoms with Gasteiger partial charge in [0.1, 0.15) is 0 Å². The van der Waals surface area contributed by atoms with Crippen molar-refractivity contribution >= 4 is 0 Å². The molecule has 3 unspecified atom stereocenters. The molecule has 90 valence electrons. The number of hydrogen-bond donors (Lipinski definition) is 2. The van der Waals surface area contributed by atoms with Crippen molar-refractivity contribution in [3.8, 4) is 0 Å². The highest BCUT2D eigenvalue weighted by Crippen LogP contribution is 2.37. The standard InChI is InChI=1S/C10H18F3NO/c1-6(2)14-9-5-7(15)3-4-8(9)10(11,12)13/h6-9,14-15H,3-5H2,1-2H3. The van der Waals surface area contributed by atoms with E-state index in [0.29, 0.717) is 0 Å². The fourth-order valence-corrected chi connectivity index (χ4v) is 2.15. The monoisotopic (exact) mass is 225 g/mol. The highest BCUT2D eigenvalue weighted by atomic mass is 19.4. The van der Waals surface area contributed by atoms with Gasteiger partial charge in [-0.2, -0.15) is 13.2 Å². The summed E-state index contributed by atoms with van der Waals surface area (Å²) in [6.45, 7) is 3.63. The number of halogens is 3. The van der Waals surface area contributed by atoms with E-state index in [1.165, 1.54) is 0 Å². The van der Waals surface area contributed by atoms with Crippen LogP contribution in [0.25, 0.3) is 0 Å². The van der Waals surface area contributed by atoms with Gasteiger partial charge in [-0.25, -0.2) is 0 Å². The lowest BCUT2D eigenvalue weighted by Gasteiger charge is -2.36. The summed E-state index contributed by atoms with van der Waals surface area (Å²) < 4.78 is 37.9. The molecule has 0 aromatic rings. The maximum Gasteiger partial charge on any atom is 0.393 e. The quantitative estimate of drug-likeness (QED) is 0.754. The van der Waals surface area contributed by atoms with Gasteiger partial charge < -0.3 is 10.4 Å². The van der Waals surface area contributed by atoms with E-state index in [-0.39, 0.29) is 25.3 Å². The molecule has 5 heteroatoms. The molecular weight excluding hydrogens is 207 g/mol. The number of aliphatic hydroxyl groups excluding tert-OH is 1. The first-order valence-electron chi connectivity index (χ1n) is 5.31. The van der Waals surface area contributed by atoms with Crippen molar-refractivity contribution in [2.24, 2.45) is 5.92 Å². The van der Waals surface area contributed by atoms with Crippen LogP contribution >= 0.6 is 0 Å². The van der Waals surface area contributed by atoms with E-state index < -0.39 is 24.2 Å². The van der Waals surface area contributed by atoms with Gasteiger partial charge in [-0.05, 0) is 19.3 Å². The van der Waals surface area contributed by atoms with E-state index in [2.05, 4.69) is 5.32 Å². The summed E-state index contributed by atoms with van der Waals surface area (Å²) in [6.07, 6.45) is -4.29. The van der Waals surface area contributed by atoms with Crippen LogP contribution in [-0.2, 0) is 0 Å². The van der Waals surface area contributed by atoms with Gasteiger partial charge in [0.25, 0.3) is 0 Å². The van der Waals surface area contributed by atoms with Crippen molar-refractivity contribution in [3.05, 3.63) is 0 Å². The molecule has 2 N–H and O–H groups in total. The Balaban J connectivity index is 2.66. The fraction of sp³-hybridized carbons (Fsp3) is 1.00. The molecule has 0 bridgehead atoms. The van der Waals surface area contributed by atoms with Gasteiger partial charge in [-0.3, -0.25) is 0 Å². The second kappa shape index (κ2) is 4.70. The molecule has 0 aromatic heterocycles. The molecule has 1 aliphatic rings. The Morgan fingerprint density at radius 3 is 2.33 bits per heavy atom. The van der Waals surface area contributed by atoms with Crippen molar-refractivity contribution in [2.45, 2.75) is 57.5 Å². The zero-order valence-corrected chi connectivity index (χ0v) is 9.01. The van der Waals surface area contributed by atoms with Crippen molar-refractivity contribution in [2.75, 3.05) is 0 Å². The van der Waals surface area contributed by atoms with Gasteiger partial charge in [0.05, 0.1) is 12.0 Å². The van der Waals surface area contributed by atoms with Crippen molar-refractivity contribution in [3.63, 3.8) is 0 Å². The maximum atomic E-state index is 12.6. The number of rotatable bonds is 2. The summed E-state index contributed by atoms with van der Waals surface area (Å²) in [4.78, 5) is 0. The lowest BCUT2D eigenvalue weighted by atomic mass is 9.82. The minimum Gasteiger partial charge on any atom is -0.393 e. The molecule has 15 heavy (non-hydrogen) atoms. The van der Waals surface area contributed by atoms with Gasteiger partial charge in [-0.1, -0.05) is 13.8 Å². The number of alkyl halides is 3. The van der Waals surface area contributed by atoms with E-state index >= 15 is 0 Å². The predicted molar refractivity (Wildman–Crippen MR) is 51.5 cm³/mol. The molecular formula is C10H18F3NO. The van der Waals surface area contributed by atoms with E-state index in [0.717, 1.165) is 0 Å². The van der Waals surface area contributed by atoms with E-state index in [4.69, 9.17) is 0 Å². The van der Waals surface area contributed by atoms with E-state index in [1.807, 2.05) is 13.8 Å². The van der Waals surface area contributed by atoms with Gasteiger partial charge in [0.15, 0.2) is 0 Å². The van der Waals surface area contributed by atoms with Crippen molar-refractivity contribution < 1.29 is 18.3 Å². The molecule has 0 spiro atoms. The first-order chi connectivity index (χ1) is 6.80. The second-order valence-electron chi connectivity index (χ2n) is 4.54. The highest BCUT2D eigenvalue weighted by molar-refractivity contribution is 4.89. The molecule has 0 amide bonds. The average molecular weight is 225 g/mol. The van der Waals surface area contributed by atoms with Crippen molar-refractivity contribution in [1.82, 2.24) is 5.32 Å². The SMILES string of the molecule is CC(C)NC1CC(O)CCC1C(F)(F)F. The highest BCUT2D eigenvalue weighted by Gasteiger charge is 2.47. The summed E-state index contributed by atoms with van der Waals surface area (Å²) in [5, 5.41) is 12.3. The van der Waals surface area contributed by atoms with Crippen LogP contribution in [0.4, 0.5) is 13.2 Å². The molecule has 1 fully saturated rings. The van der Waals surface area contributed by atoms with Crippen LogP contribution in [0.2, 0.25) is 0 Å². The maximum absolute atomic E-state index is 12.6. The third-order valence-electron chi connectivity index (χ3n) is 2.79. The van der Waals surface area contributed by atoms with Crippen LogP contribution in [0, 0.1) is 5.92 Å². The van der Waals surface area contributed by atoms with Crippen LogP contribution in [0.3, 0.4) is 0 Å². The summed E-state index contributed by atoms with van der Waals surface area (Å²) in [6, 6.07) is -0.640. The van der Waals surface area contributed by atoms with Crippen LogP contribution in [0.5, 0.6) is 0 Å². The molecule has 2 nitrogen and oxygen atoms in total. The zero-order valence-electron chi connectivity index (χ0n) is 9.01. The molecule has 0 aliphatic heterocycles. The first-order valence-corrected chi connectivity index (χ1v) is 5.31. The molecule has 0 heterocycles. The molecule has 3 atom stereocenters. The van der Waals surface area contributed by atoms with E-state index in [9.17, 15) is 18.3 Å².